The number of furan rings is 1. The van der Waals surface area contributed by atoms with Crippen LogP contribution in [0.3, 0.4) is 0 Å². The molecule has 4 N–H and O–H groups in total. The van der Waals surface area contributed by atoms with Crippen molar-refractivity contribution in [1.82, 2.24) is 15.6 Å². The Bertz CT molecular complexity index is 1930. The zero-order valence-electron chi connectivity index (χ0n) is 21.6. The Balaban J connectivity index is 1.35. The molecule has 0 aliphatic rings. The van der Waals surface area contributed by atoms with Crippen LogP contribution in [0.2, 0.25) is 5.02 Å². The van der Waals surface area contributed by atoms with Gasteiger partial charge in [-0.15, -0.1) is 0 Å². The number of carbonyl (C=O) groups excluding carboxylic acids is 2. The van der Waals surface area contributed by atoms with E-state index >= 15 is 0 Å². The number of carboxylic acid groups (broad SMARTS) is 1. The SMILES string of the molecule is CS(=O)(=O)c1cccc(C[C@H](NC(=O)c2c(Cl)cc(CNC(=O)c3ccc4ccoc4c3)c3[nH]ccc23)C(=O)O)c1. The number of sulfone groups is 1. The van der Waals surface area contributed by atoms with Crippen LogP contribution >= 0.6 is 11.6 Å². The van der Waals surface area contributed by atoms with Crippen LogP contribution in [0, 0.1) is 0 Å². The van der Waals surface area contributed by atoms with E-state index in [-0.39, 0.29) is 34.4 Å². The molecule has 210 valence electrons. The van der Waals surface area contributed by atoms with Crippen molar-refractivity contribution in [3.05, 3.63) is 100 Å². The molecule has 2 heterocycles. The van der Waals surface area contributed by atoms with E-state index in [1.54, 1.807) is 48.9 Å². The normalized spacial score (nSPS) is 12.3. The fraction of sp³-hybridized carbons (Fsp3) is 0.138. The van der Waals surface area contributed by atoms with Gasteiger partial charge in [0.05, 0.1) is 27.3 Å². The largest absolute Gasteiger partial charge is 0.480 e. The molecular weight excluding hydrogens is 570 g/mol. The molecule has 41 heavy (non-hydrogen) atoms. The summed E-state index contributed by atoms with van der Waals surface area (Å²) in [5.74, 6) is -2.34. The Kier molecular flexibility index (Phi) is 7.57. The molecule has 0 saturated heterocycles. The second kappa shape index (κ2) is 11.1. The number of aromatic amines is 1. The number of aliphatic carboxylic acids is 1. The van der Waals surface area contributed by atoms with E-state index in [1.165, 1.54) is 24.3 Å². The molecule has 0 spiro atoms. The lowest BCUT2D eigenvalue weighted by atomic mass is 10.0. The summed E-state index contributed by atoms with van der Waals surface area (Å²) >= 11 is 6.53. The molecule has 0 unspecified atom stereocenters. The summed E-state index contributed by atoms with van der Waals surface area (Å²) in [5.41, 5.74) is 2.67. The number of H-pyrrole nitrogens is 1. The molecule has 0 aliphatic heterocycles. The number of carboxylic acids is 1. The Morgan fingerprint density at radius 3 is 2.61 bits per heavy atom. The van der Waals surface area contributed by atoms with Crippen LogP contribution in [-0.2, 0) is 27.6 Å². The average molecular weight is 594 g/mol. The highest BCUT2D eigenvalue weighted by Crippen LogP contribution is 2.29. The smallest absolute Gasteiger partial charge is 0.326 e. The number of benzene rings is 3. The first kappa shape index (κ1) is 27.9. The third-order valence-corrected chi connectivity index (χ3v) is 8.04. The topological polar surface area (TPSA) is 159 Å². The number of hydrogen-bond donors (Lipinski definition) is 4. The molecule has 12 heteroatoms. The minimum Gasteiger partial charge on any atom is -0.480 e. The summed E-state index contributed by atoms with van der Waals surface area (Å²) in [5, 5.41) is 16.5. The predicted molar refractivity (Wildman–Crippen MR) is 153 cm³/mol. The van der Waals surface area contributed by atoms with Gasteiger partial charge in [0.15, 0.2) is 9.84 Å². The van der Waals surface area contributed by atoms with Crippen molar-refractivity contribution in [2.24, 2.45) is 0 Å². The number of amides is 2. The van der Waals surface area contributed by atoms with E-state index in [4.69, 9.17) is 16.0 Å². The molecule has 1 atom stereocenters. The molecule has 3 aromatic carbocycles. The van der Waals surface area contributed by atoms with Crippen molar-refractivity contribution in [2.75, 3.05) is 6.26 Å². The van der Waals surface area contributed by atoms with E-state index in [0.29, 0.717) is 33.2 Å². The summed E-state index contributed by atoms with van der Waals surface area (Å²) in [6, 6.07) is 14.6. The van der Waals surface area contributed by atoms with E-state index < -0.39 is 27.8 Å². The van der Waals surface area contributed by atoms with Crippen LogP contribution in [0.15, 0.2) is 82.4 Å². The molecule has 2 amide bonds. The van der Waals surface area contributed by atoms with E-state index in [2.05, 4.69) is 15.6 Å². The van der Waals surface area contributed by atoms with Crippen molar-refractivity contribution in [3.63, 3.8) is 0 Å². The molecule has 2 aromatic heterocycles. The second-order valence-corrected chi connectivity index (χ2v) is 11.9. The van der Waals surface area contributed by atoms with Gasteiger partial charge in [-0.25, -0.2) is 13.2 Å². The summed E-state index contributed by atoms with van der Waals surface area (Å²) in [4.78, 5) is 41.2. The van der Waals surface area contributed by atoms with Gasteiger partial charge in [-0.2, -0.15) is 0 Å². The highest BCUT2D eigenvalue weighted by atomic mass is 35.5. The molecule has 0 fully saturated rings. The quantitative estimate of drug-likeness (QED) is 0.198. The number of carbonyl (C=O) groups is 3. The van der Waals surface area contributed by atoms with E-state index in [0.717, 1.165) is 11.6 Å². The minimum atomic E-state index is -3.49. The van der Waals surface area contributed by atoms with Crippen LogP contribution in [-0.4, -0.2) is 48.6 Å². The molecule has 0 saturated carbocycles. The van der Waals surface area contributed by atoms with Gasteiger partial charge < -0.3 is 25.1 Å². The zero-order chi connectivity index (χ0) is 29.3. The Labute approximate surface area is 239 Å². The molecule has 5 aromatic rings. The highest BCUT2D eigenvalue weighted by Gasteiger charge is 2.25. The maximum absolute atomic E-state index is 13.3. The predicted octanol–water partition coefficient (Wildman–Crippen LogP) is 4.33. The van der Waals surface area contributed by atoms with E-state index in [1.807, 2.05) is 0 Å². The highest BCUT2D eigenvalue weighted by molar-refractivity contribution is 7.90. The molecular formula is C29H24ClN3O7S. The lowest BCUT2D eigenvalue weighted by molar-refractivity contribution is -0.139. The van der Waals surface area contributed by atoms with Gasteiger partial charge in [-0.3, -0.25) is 9.59 Å². The summed E-state index contributed by atoms with van der Waals surface area (Å²) in [7, 11) is -3.49. The molecule has 0 radical (unpaired) electrons. The number of aromatic nitrogens is 1. The maximum atomic E-state index is 13.3. The third-order valence-electron chi connectivity index (χ3n) is 6.63. The molecule has 0 aliphatic carbocycles. The fourth-order valence-corrected chi connectivity index (χ4v) is 5.59. The summed E-state index contributed by atoms with van der Waals surface area (Å²) in [6.07, 6.45) is 4.07. The van der Waals surface area contributed by atoms with E-state index in [9.17, 15) is 27.9 Å². The first-order valence-corrected chi connectivity index (χ1v) is 14.6. The van der Waals surface area contributed by atoms with Crippen molar-refractivity contribution >= 4 is 61.1 Å². The lowest BCUT2D eigenvalue weighted by Crippen LogP contribution is -2.42. The third kappa shape index (κ3) is 5.96. The lowest BCUT2D eigenvalue weighted by Gasteiger charge is -2.17. The Hall–Kier alpha value is -4.61. The maximum Gasteiger partial charge on any atom is 0.326 e. The van der Waals surface area contributed by atoms with Crippen LogP contribution in [0.1, 0.15) is 31.8 Å². The average Bonchev–Trinajstić information content (AvgIpc) is 3.60. The Morgan fingerprint density at radius 1 is 1.05 bits per heavy atom. The number of nitrogens with one attached hydrogen (secondary N) is 3. The fourth-order valence-electron chi connectivity index (χ4n) is 4.58. The van der Waals surface area contributed by atoms with Gasteiger partial charge in [-0.05, 0) is 53.6 Å². The van der Waals surface area contributed by atoms with Crippen molar-refractivity contribution in [2.45, 2.75) is 23.9 Å². The standard InChI is InChI=1S/C29H24ClN3O7S/c1-41(38,39)20-4-2-3-16(11-20)12-23(29(36)37)33-28(35)25-21-7-9-31-26(21)19(13-22(25)30)15-32-27(34)18-6-5-17-8-10-40-24(17)14-18/h2-11,13-14,23,31H,12,15H2,1H3,(H,32,34)(H,33,35)(H,36,37)/t23-/m0/s1. The van der Waals surface area contributed by atoms with Gasteiger partial charge in [0.2, 0.25) is 0 Å². The summed E-state index contributed by atoms with van der Waals surface area (Å²) in [6.45, 7) is 0.0993. The van der Waals surface area contributed by atoms with Gasteiger partial charge in [0, 0.05) is 41.8 Å². The van der Waals surface area contributed by atoms with Crippen LogP contribution in [0.5, 0.6) is 0 Å². The molecule has 5 rings (SSSR count). The van der Waals surface area contributed by atoms with Crippen molar-refractivity contribution in [1.29, 1.82) is 0 Å². The number of hydrogen-bond acceptors (Lipinski definition) is 6. The monoisotopic (exact) mass is 593 g/mol. The number of fused-ring (bicyclic) bond motifs is 2. The van der Waals surface area contributed by atoms with Crippen molar-refractivity contribution < 1.29 is 32.3 Å². The van der Waals surface area contributed by atoms with Crippen LogP contribution < -0.4 is 10.6 Å². The van der Waals surface area contributed by atoms with Gasteiger partial charge in [0.25, 0.3) is 11.8 Å². The number of halogens is 1. The molecule has 10 nitrogen and oxygen atoms in total. The molecule has 0 bridgehead atoms. The minimum absolute atomic E-state index is 0.0479. The second-order valence-electron chi connectivity index (χ2n) is 9.50. The first-order chi connectivity index (χ1) is 19.5. The van der Waals surface area contributed by atoms with Crippen LogP contribution in [0.25, 0.3) is 21.9 Å². The van der Waals surface area contributed by atoms with Crippen LogP contribution in [0.4, 0.5) is 0 Å². The van der Waals surface area contributed by atoms with Crippen molar-refractivity contribution in [3.8, 4) is 0 Å². The number of rotatable bonds is 9. The summed E-state index contributed by atoms with van der Waals surface area (Å²) < 4.78 is 29.2. The Morgan fingerprint density at radius 2 is 1.85 bits per heavy atom. The zero-order valence-corrected chi connectivity index (χ0v) is 23.2. The van der Waals surface area contributed by atoms with Gasteiger partial charge >= 0.3 is 5.97 Å². The van der Waals surface area contributed by atoms with Gasteiger partial charge in [0.1, 0.15) is 11.6 Å². The first-order valence-electron chi connectivity index (χ1n) is 12.4. The van der Waals surface area contributed by atoms with Gasteiger partial charge in [-0.1, -0.05) is 29.8 Å².